The van der Waals surface area contributed by atoms with Crippen molar-refractivity contribution in [1.29, 1.82) is 0 Å². The second kappa shape index (κ2) is 8.04. The van der Waals surface area contributed by atoms with Crippen molar-refractivity contribution >= 4 is 16.0 Å². The van der Waals surface area contributed by atoms with Crippen LogP contribution < -0.4 is 0 Å². The molecule has 7 N–H and O–H groups in total. The summed E-state index contributed by atoms with van der Waals surface area (Å²) in [6.45, 7) is 1.40. The van der Waals surface area contributed by atoms with Crippen LogP contribution in [0.2, 0.25) is 0 Å². The Bertz CT molecular complexity index is 325. The molecule has 0 aliphatic heterocycles. The van der Waals surface area contributed by atoms with Crippen molar-refractivity contribution in [1.82, 2.24) is 0 Å². The third-order valence-corrected chi connectivity index (χ3v) is 3.34. The molecule has 20 heavy (non-hydrogen) atoms. The molecule has 0 rings (SSSR count). The van der Waals surface area contributed by atoms with E-state index >= 15 is 0 Å². The molecule has 0 fully saturated rings. The molecule has 0 spiro atoms. The Morgan fingerprint density at radius 3 is 2.00 bits per heavy atom. The van der Waals surface area contributed by atoms with Gasteiger partial charge in [-0.25, -0.2) is 0 Å². The van der Waals surface area contributed by atoms with Crippen molar-refractivity contribution < 1.29 is 53.0 Å². The Morgan fingerprint density at radius 1 is 1.20 bits per heavy atom. The van der Waals surface area contributed by atoms with Gasteiger partial charge in [-0.05, 0) is 0 Å². The van der Waals surface area contributed by atoms with Crippen LogP contribution in [0.15, 0.2) is 0 Å². The molecule has 2 unspecified atom stereocenters. The molecule has 0 aromatic rings. The first-order valence-electron chi connectivity index (χ1n) is 5.39. The van der Waals surface area contributed by atoms with E-state index in [4.69, 9.17) is 24.5 Å². The fourth-order valence-electron chi connectivity index (χ4n) is 1.38. The van der Waals surface area contributed by atoms with Crippen LogP contribution in [0.25, 0.3) is 0 Å². The van der Waals surface area contributed by atoms with Crippen molar-refractivity contribution in [3.63, 3.8) is 0 Å². The first kappa shape index (κ1) is 20.3. The van der Waals surface area contributed by atoms with Gasteiger partial charge in [0.25, 0.3) is 0 Å². The summed E-state index contributed by atoms with van der Waals surface area (Å²) >= 11 is 0. The van der Waals surface area contributed by atoms with Gasteiger partial charge in [0.15, 0.2) is 0 Å². The average Bonchev–Trinajstić information content (AvgIpc) is 2.29. The minimum atomic E-state index is -5.13. The SMILES string of the molecule is CC[C@@H](OP(=O)(O)O)C(O)C(O[PH](O)(O)O)[C@H](O)OC. The van der Waals surface area contributed by atoms with Crippen molar-refractivity contribution in [3.8, 4) is 0 Å². The maximum absolute atomic E-state index is 10.7. The zero-order chi connectivity index (χ0) is 16.1. The summed E-state index contributed by atoms with van der Waals surface area (Å²) < 4.78 is 23.7. The van der Waals surface area contributed by atoms with Gasteiger partial charge in [-0.3, -0.25) is 0 Å². The summed E-state index contributed by atoms with van der Waals surface area (Å²) in [5, 5.41) is 19.3. The van der Waals surface area contributed by atoms with Gasteiger partial charge in [0.1, 0.15) is 0 Å². The van der Waals surface area contributed by atoms with Crippen LogP contribution >= 0.6 is 16.0 Å². The van der Waals surface area contributed by atoms with E-state index in [1.54, 1.807) is 0 Å². The van der Waals surface area contributed by atoms with E-state index in [0.29, 0.717) is 0 Å². The van der Waals surface area contributed by atoms with Gasteiger partial charge in [0, 0.05) is 0 Å². The van der Waals surface area contributed by atoms with E-state index in [0.717, 1.165) is 7.11 Å². The third-order valence-electron chi connectivity index (χ3n) is 2.21. The van der Waals surface area contributed by atoms with Crippen LogP contribution in [0.1, 0.15) is 13.3 Å². The van der Waals surface area contributed by atoms with E-state index in [9.17, 15) is 14.8 Å². The molecule has 11 nitrogen and oxygen atoms in total. The molecule has 124 valence electrons. The van der Waals surface area contributed by atoms with Crippen molar-refractivity contribution in [2.24, 2.45) is 0 Å². The number of phosphoric acid groups is 1. The minimum absolute atomic E-state index is 0.112. The number of aliphatic hydroxyl groups is 2. The zero-order valence-corrected chi connectivity index (χ0v) is 12.6. The van der Waals surface area contributed by atoms with Crippen molar-refractivity contribution in [2.75, 3.05) is 7.11 Å². The first-order valence-corrected chi connectivity index (χ1v) is 8.67. The Labute approximate surface area is 115 Å². The van der Waals surface area contributed by atoms with Crippen LogP contribution in [-0.4, -0.2) is 66.4 Å². The molecule has 0 aliphatic rings. The van der Waals surface area contributed by atoms with Gasteiger partial charge in [0.05, 0.1) is 0 Å². The molecule has 0 bridgehead atoms. The number of hydrogen-bond acceptors (Lipinski definition) is 9. The summed E-state index contributed by atoms with van der Waals surface area (Å²) in [5.74, 6) is 0. The normalized spacial score (nSPS) is 20.2. The maximum atomic E-state index is 10.7. The molecular formula is C7H20O11P2. The van der Waals surface area contributed by atoms with E-state index in [1.807, 2.05) is 0 Å². The van der Waals surface area contributed by atoms with Crippen molar-refractivity contribution in [3.05, 3.63) is 0 Å². The summed E-state index contributed by atoms with van der Waals surface area (Å²) in [6.07, 6.45) is -7.34. The summed E-state index contributed by atoms with van der Waals surface area (Å²) in [5.41, 5.74) is 0. The van der Waals surface area contributed by atoms with Crippen LogP contribution in [0.5, 0.6) is 0 Å². The van der Waals surface area contributed by atoms with Crippen LogP contribution in [0.3, 0.4) is 0 Å². The predicted molar refractivity (Wildman–Crippen MR) is 66.1 cm³/mol. The number of methoxy groups -OCH3 is 1. The third kappa shape index (κ3) is 7.89. The van der Waals surface area contributed by atoms with Gasteiger partial charge in [-0.2, -0.15) is 0 Å². The van der Waals surface area contributed by atoms with Crippen LogP contribution in [0, 0.1) is 0 Å². The zero-order valence-electron chi connectivity index (χ0n) is 10.7. The standard InChI is InChI=1S/C7H20O11P2/c1-3-4(17-19(10,11)12)5(8)6(7(9)16-2)18-20(13,14)15/h4-9,13-15,20H,3H2,1-2H3,(H2,10,11,12)/t4-,5?,6?,7-/m1/s1. The second-order valence-electron chi connectivity index (χ2n) is 3.82. The molecule has 13 heteroatoms. The molecule has 4 atom stereocenters. The molecule has 0 saturated heterocycles. The van der Waals surface area contributed by atoms with E-state index in [-0.39, 0.29) is 6.42 Å². The van der Waals surface area contributed by atoms with Crippen LogP contribution in [0.4, 0.5) is 0 Å². The summed E-state index contributed by atoms with van der Waals surface area (Å²) in [6, 6.07) is 0. The predicted octanol–water partition coefficient (Wildman–Crippen LogP) is -2.03. The monoisotopic (exact) mass is 342 g/mol. The average molecular weight is 342 g/mol. The van der Waals surface area contributed by atoms with E-state index in [1.165, 1.54) is 6.92 Å². The number of ether oxygens (including phenoxy) is 1. The molecule has 0 amide bonds. The fraction of sp³-hybridized carbons (Fsp3) is 1.00. The summed E-state index contributed by atoms with van der Waals surface area (Å²) in [4.78, 5) is 43.8. The Balaban J connectivity index is 5.08. The molecule has 0 saturated carbocycles. The number of hydrogen-bond donors (Lipinski definition) is 7. The van der Waals surface area contributed by atoms with Crippen LogP contribution in [-0.2, 0) is 18.3 Å². The molecule has 0 aromatic carbocycles. The second-order valence-corrected chi connectivity index (χ2v) is 6.39. The topological polar surface area (TPSA) is 186 Å². The number of rotatable bonds is 9. The van der Waals surface area contributed by atoms with Gasteiger partial charge in [0.2, 0.25) is 0 Å². The van der Waals surface area contributed by atoms with Gasteiger partial charge >= 0.3 is 114 Å². The molecule has 0 aliphatic carbocycles. The Morgan fingerprint density at radius 2 is 1.70 bits per heavy atom. The van der Waals surface area contributed by atoms with E-state index in [2.05, 4.69) is 13.8 Å². The Kier molecular flexibility index (Phi) is 8.15. The molecule has 0 aromatic heterocycles. The molecule has 0 heterocycles. The van der Waals surface area contributed by atoms with Gasteiger partial charge in [-0.1, -0.05) is 0 Å². The number of phosphoric ester groups is 1. The van der Waals surface area contributed by atoms with Gasteiger partial charge in [-0.15, -0.1) is 0 Å². The first-order chi connectivity index (χ1) is 8.91. The molecule has 0 radical (unpaired) electrons. The Hall–Kier alpha value is 0.260. The summed E-state index contributed by atoms with van der Waals surface area (Å²) in [7, 11) is -9.07. The fourth-order valence-corrected chi connectivity index (χ4v) is 2.63. The van der Waals surface area contributed by atoms with E-state index < -0.39 is 40.6 Å². The molecular weight excluding hydrogens is 322 g/mol. The van der Waals surface area contributed by atoms with Gasteiger partial charge < -0.3 is 0 Å². The quantitative estimate of drug-likeness (QED) is 0.181. The number of aliphatic hydroxyl groups excluding tert-OH is 2. The van der Waals surface area contributed by atoms with Crippen molar-refractivity contribution in [2.45, 2.75) is 37.9 Å².